The molecule has 0 aliphatic heterocycles. The number of rotatable bonds is 8. The molecule has 0 aliphatic rings. The van der Waals surface area contributed by atoms with Crippen LogP contribution in [0.25, 0.3) is 0 Å². The third kappa shape index (κ3) is 5.63. The molecule has 0 aliphatic carbocycles. The number of methoxy groups -OCH3 is 1. The normalized spacial score (nSPS) is 14.9. The maximum absolute atomic E-state index is 11.5. The molecule has 1 aromatic carbocycles. The van der Waals surface area contributed by atoms with E-state index in [-0.39, 0.29) is 6.10 Å². The van der Waals surface area contributed by atoms with Crippen molar-refractivity contribution in [1.82, 2.24) is 0 Å². The maximum atomic E-state index is 11.5. The number of nitrogens with two attached hydrogens (primary N) is 1. The molecule has 1 aromatic rings. The van der Waals surface area contributed by atoms with Crippen molar-refractivity contribution >= 4 is 5.97 Å². The van der Waals surface area contributed by atoms with E-state index < -0.39 is 11.5 Å². The van der Waals surface area contributed by atoms with E-state index in [0.29, 0.717) is 18.8 Å². The molecule has 0 radical (unpaired) electrons. The molecule has 0 aromatic heterocycles. The highest BCUT2D eigenvalue weighted by atomic mass is 16.5. The number of carbonyl (C=O) groups is 1. The Balaban J connectivity index is 2.54. The molecule has 0 saturated carbocycles. The van der Waals surface area contributed by atoms with Gasteiger partial charge in [0.1, 0.15) is 17.0 Å². The predicted octanol–water partition coefficient (Wildman–Crippen LogP) is 2.52. The van der Waals surface area contributed by atoms with Crippen molar-refractivity contribution < 1.29 is 19.0 Å². The lowest BCUT2D eigenvalue weighted by molar-refractivity contribution is -0.147. The van der Waals surface area contributed by atoms with Crippen molar-refractivity contribution in [2.24, 2.45) is 5.73 Å². The molecule has 118 valence electrons. The quantitative estimate of drug-likeness (QED) is 0.746. The van der Waals surface area contributed by atoms with Crippen LogP contribution in [0.5, 0.6) is 11.5 Å². The molecule has 0 fully saturated rings. The van der Waals surface area contributed by atoms with Gasteiger partial charge in [-0.05, 0) is 44.5 Å². The van der Waals surface area contributed by atoms with Crippen molar-refractivity contribution in [2.45, 2.75) is 45.3 Å². The number of esters is 1. The molecule has 0 spiro atoms. The van der Waals surface area contributed by atoms with Crippen LogP contribution in [0.1, 0.15) is 33.6 Å². The van der Waals surface area contributed by atoms with Gasteiger partial charge in [-0.15, -0.1) is 0 Å². The van der Waals surface area contributed by atoms with E-state index in [9.17, 15) is 4.79 Å². The first kappa shape index (κ1) is 17.3. The second-order valence-electron chi connectivity index (χ2n) is 5.36. The number of hydrogen-bond donors (Lipinski definition) is 1. The lowest BCUT2D eigenvalue weighted by Gasteiger charge is -2.25. The Labute approximate surface area is 126 Å². The van der Waals surface area contributed by atoms with Crippen LogP contribution in [0.4, 0.5) is 0 Å². The smallest absolute Gasteiger partial charge is 0.325 e. The second-order valence-corrected chi connectivity index (χ2v) is 5.36. The summed E-state index contributed by atoms with van der Waals surface area (Å²) in [7, 11) is 1.33. The summed E-state index contributed by atoms with van der Waals surface area (Å²) >= 11 is 0. The van der Waals surface area contributed by atoms with E-state index in [1.54, 1.807) is 6.92 Å². The Morgan fingerprint density at radius 3 is 2.38 bits per heavy atom. The maximum Gasteiger partial charge on any atom is 0.325 e. The molecule has 5 nitrogen and oxygen atoms in total. The second kappa shape index (κ2) is 7.88. The van der Waals surface area contributed by atoms with E-state index in [1.165, 1.54) is 7.11 Å². The summed E-state index contributed by atoms with van der Waals surface area (Å²) in [6, 6.07) is 7.40. The molecule has 2 N–H and O–H groups in total. The topological polar surface area (TPSA) is 70.8 Å². The van der Waals surface area contributed by atoms with Gasteiger partial charge < -0.3 is 19.9 Å². The largest absolute Gasteiger partial charge is 0.494 e. The summed E-state index contributed by atoms with van der Waals surface area (Å²) < 4.78 is 15.9. The minimum Gasteiger partial charge on any atom is -0.494 e. The summed E-state index contributed by atoms with van der Waals surface area (Å²) in [5.74, 6) is 1.09. The van der Waals surface area contributed by atoms with Crippen LogP contribution in [0.2, 0.25) is 0 Å². The average Bonchev–Trinajstić information content (AvgIpc) is 2.45. The standard InChI is InChI=1S/C16H25NO4/c1-5-10-20-13-6-8-14(9-7-13)21-12(2)11-16(3,17)15(18)19-4/h6-9,12H,5,10-11,17H2,1-4H3. The van der Waals surface area contributed by atoms with Crippen LogP contribution in [0.3, 0.4) is 0 Å². The highest BCUT2D eigenvalue weighted by Gasteiger charge is 2.32. The van der Waals surface area contributed by atoms with Gasteiger partial charge in [0.2, 0.25) is 0 Å². The van der Waals surface area contributed by atoms with Gasteiger partial charge in [-0.2, -0.15) is 0 Å². The number of ether oxygens (including phenoxy) is 3. The Hall–Kier alpha value is -1.75. The molecule has 21 heavy (non-hydrogen) atoms. The van der Waals surface area contributed by atoms with Gasteiger partial charge in [0.15, 0.2) is 0 Å². The highest BCUT2D eigenvalue weighted by molar-refractivity contribution is 5.79. The van der Waals surface area contributed by atoms with Crippen LogP contribution in [0, 0.1) is 0 Å². The Morgan fingerprint density at radius 1 is 1.29 bits per heavy atom. The van der Waals surface area contributed by atoms with E-state index in [1.807, 2.05) is 31.2 Å². The summed E-state index contributed by atoms with van der Waals surface area (Å²) in [4.78, 5) is 11.5. The van der Waals surface area contributed by atoms with Crippen LogP contribution >= 0.6 is 0 Å². The molecule has 1 rings (SSSR count). The van der Waals surface area contributed by atoms with Gasteiger partial charge in [0, 0.05) is 6.42 Å². The SMILES string of the molecule is CCCOc1ccc(OC(C)CC(C)(N)C(=O)OC)cc1. The first-order valence-corrected chi connectivity index (χ1v) is 7.16. The first-order chi connectivity index (χ1) is 9.89. The van der Waals surface area contributed by atoms with Crippen molar-refractivity contribution in [3.8, 4) is 11.5 Å². The number of carbonyl (C=O) groups excluding carboxylic acids is 1. The summed E-state index contributed by atoms with van der Waals surface area (Å²) in [5.41, 5.74) is 4.87. The fraction of sp³-hybridized carbons (Fsp3) is 0.562. The van der Waals surface area contributed by atoms with Gasteiger partial charge in [-0.3, -0.25) is 4.79 Å². The van der Waals surface area contributed by atoms with Gasteiger partial charge in [0.25, 0.3) is 0 Å². The average molecular weight is 295 g/mol. The van der Waals surface area contributed by atoms with Gasteiger partial charge in [-0.25, -0.2) is 0 Å². The first-order valence-electron chi connectivity index (χ1n) is 7.16. The zero-order valence-electron chi connectivity index (χ0n) is 13.2. The third-order valence-corrected chi connectivity index (χ3v) is 3.00. The minimum absolute atomic E-state index is 0.207. The minimum atomic E-state index is -1.06. The Morgan fingerprint density at radius 2 is 1.86 bits per heavy atom. The van der Waals surface area contributed by atoms with E-state index >= 15 is 0 Å². The van der Waals surface area contributed by atoms with Crippen molar-refractivity contribution in [1.29, 1.82) is 0 Å². The van der Waals surface area contributed by atoms with Crippen molar-refractivity contribution in [2.75, 3.05) is 13.7 Å². The molecule has 0 saturated heterocycles. The number of benzene rings is 1. The highest BCUT2D eigenvalue weighted by Crippen LogP contribution is 2.21. The molecule has 0 amide bonds. The Kier molecular flexibility index (Phi) is 6.49. The van der Waals surface area contributed by atoms with Crippen molar-refractivity contribution in [3.05, 3.63) is 24.3 Å². The van der Waals surface area contributed by atoms with Crippen LogP contribution in [0.15, 0.2) is 24.3 Å². The van der Waals surface area contributed by atoms with E-state index in [0.717, 1.165) is 12.2 Å². The number of hydrogen-bond acceptors (Lipinski definition) is 5. The van der Waals surface area contributed by atoms with Crippen LogP contribution in [-0.4, -0.2) is 31.3 Å². The molecule has 5 heteroatoms. The van der Waals surface area contributed by atoms with E-state index in [4.69, 9.17) is 15.2 Å². The predicted molar refractivity (Wildman–Crippen MR) is 81.5 cm³/mol. The molecule has 0 heterocycles. The van der Waals surface area contributed by atoms with Gasteiger partial charge in [0.05, 0.1) is 19.8 Å². The third-order valence-electron chi connectivity index (χ3n) is 3.00. The molecule has 2 unspecified atom stereocenters. The lowest BCUT2D eigenvalue weighted by Crippen LogP contribution is -2.48. The summed E-state index contributed by atoms with van der Waals surface area (Å²) in [5, 5.41) is 0. The lowest BCUT2D eigenvalue weighted by atomic mass is 9.96. The van der Waals surface area contributed by atoms with Gasteiger partial charge in [-0.1, -0.05) is 6.92 Å². The van der Waals surface area contributed by atoms with Crippen molar-refractivity contribution in [3.63, 3.8) is 0 Å². The monoisotopic (exact) mass is 295 g/mol. The molecular formula is C16H25NO4. The van der Waals surface area contributed by atoms with E-state index in [2.05, 4.69) is 11.7 Å². The van der Waals surface area contributed by atoms with Gasteiger partial charge >= 0.3 is 5.97 Å². The molecule has 0 bridgehead atoms. The zero-order valence-corrected chi connectivity index (χ0v) is 13.2. The fourth-order valence-corrected chi connectivity index (χ4v) is 2.02. The molecular weight excluding hydrogens is 270 g/mol. The summed E-state index contributed by atoms with van der Waals surface area (Å²) in [6.07, 6.45) is 1.13. The molecule has 2 atom stereocenters. The summed E-state index contributed by atoms with van der Waals surface area (Å²) in [6.45, 7) is 6.27. The van der Waals surface area contributed by atoms with Crippen LogP contribution in [-0.2, 0) is 9.53 Å². The Bertz CT molecular complexity index is 442. The van der Waals surface area contributed by atoms with Crippen LogP contribution < -0.4 is 15.2 Å². The fourth-order valence-electron chi connectivity index (χ4n) is 2.02. The zero-order chi connectivity index (χ0) is 15.9.